The van der Waals surface area contributed by atoms with Gasteiger partial charge in [-0.15, -0.1) is 0 Å². The van der Waals surface area contributed by atoms with Gasteiger partial charge in [-0.2, -0.15) is 13.2 Å². The molecule has 2 aromatic rings. The molecule has 178 valence electrons. The predicted octanol–water partition coefficient (Wildman–Crippen LogP) is 3.04. The molecular weight excluding hydrogens is 461 g/mol. The van der Waals surface area contributed by atoms with Crippen LogP contribution in [0.2, 0.25) is 0 Å². The number of rotatable bonds is 5. The molecule has 1 saturated heterocycles. The van der Waals surface area contributed by atoms with E-state index in [0.29, 0.717) is 25.9 Å². The van der Waals surface area contributed by atoms with Gasteiger partial charge in [0.05, 0.1) is 10.5 Å². The van der Waals surface area contributed by atoms with Crippen LogP contribution in [0, 0.1) is 0 Å². The fourth-order valence-electron chi connectivity index (χ4n) is 3.42. The highest BCUT2D eigenvalue weighted by Gasteiger charge is 2.30. The minimum absolute atomic E-state index is 0.00709. The van der Waals surface area contributed by atoms with E-state index < -0.39 is 27.8 Å². The van der Waals surface area contributed by atoms with Gasteiger partial charge < -0.3 is 15.5 Å². The fourth-order valence-corrected chi connectivity index (χ4v) is 4.19. The molecule has 3 N–H and O–H groups in total. The second-order valence-corrected chi connectivity index (χ2v) is 9.36. The molecule has 0 radical (unpaired) electrons. The van der Waals surface area contributed by atoms with Gasteiger partial charge in [0.15, 0.2) is 0 Å². The lowest BCUT2D eigenvalue weighted by Gasteiger charge is -2.32. The lowest BCUT2D eigenvalue weighted by atomic mass is 10.0. The van der Waals surface area contributed by atoms with Crippen LogP contribution in [0.25, 0.3) is 0 Å². The summed E-state index contributed by atoms with van der Waals surface area (Å²) in [5, 5.41) is 5.24. The summed E-state index contributed by atoms with van der Waals surface area (Å²) in [6.45, 7) is 0.708. The van der Waals surface area contributed by atoms with Crippen molar-refractivity contribution in [3.63, 3.8) is 0 Å². The van der Waals surface area contributed by atoms with Gasteiger partial charge in [0.25, 0.3) is 5.91 Å². The summed E-state index contributed by atoms with van der Waals surface area (Å²) in [5.74, 6) is -0.309. The summed E-state index contributed by atoms with van der Waals surface area (Å²) in [4.78, 5) is 26.5. The Kier molecular flexibility index (Phi) is 7.28. The van der Waals surface area contributed by atoms with Crippen molar-refractivity contribution in [2.24, 2.45) is 0 Å². The number of benzene rings is 2. The molecule has 0 atom stereocenters. The zero-order chi connectivity index (χ0) is 24.2. The lowest BCUT2D eigenvalue weighted by Crippen LogP contribution is -2.47. The topological polar surface area (TPSA) is 108 Å². The average Bonchev–Trinajstić information content (AvgIpc) is 2.79. The van der Waals surface area contributed by atoms with Crippen molar-refractivity contribution in [1.29, 1.82) is 0 Å². The first kappa shape index (κ1) is 24.5. The number of likely N-dealkylation sites (tertiary alicyclic amines) is 1. The van der Waals surface area contributed by atoms with Crippen molar-refractivity contribution in [2.45, 2.75) is 30.0 Å². The van der Waals surface area contributed by atoms with Crippen LogP contribution in [0.3, 0.4) is 0 Å². The molecule has 1 aliphatic heterocycles. The molecule has 8 nitrogen and oxygen atoms in total. The quantitative estimate of drug-likeness (QED) is 0.606. The number of carbonyl (C=O) groups excluding carboxylic acids is 2. The third-order valence-corrected chi connectivity index (χ3v) is 6.66. The molecule has 3 rings (SSSR count). The third kappa shape index (κ3) is 6.23. The molecule has 0 unspecified atom stereocenters. The smallest absolute Gasteiger partial charge is 0.338 e. The summed E-state index contributed by atoms with van der Waals surface area (Å²) in [6, 6.07) is 9.09. The van der Waals surface area contributed by atoms with Gasteiger partial charge in [-0.3, -0.25) is 4.79 Å². The van der Waals surface area contributed by atoms with Crippen LogP contribution in [0.4, 0.5) is 23.7 Å². The van der Waals surface area contributed by atoms with Gasteiger partial charge >= 0.3 is 12.2 Å². The molecule has 1 heterocycles. The van der Waals surface area contributed by atoms with E-state index in [-0.39, 0.29) is 28.1 Å². The van der Waals surface area contributed by atoms with Crippen molar-refractivity contribution in [3.05, 3.63) is 59.7 Å². The maximum atomic E-state index is 12.8. The Bertz CT molecular complexity index is 1110. The molecule has 12 heteroatoms. The Morgan fingerprint density at radius 3 is 2.24 bits per heavy atom. The number of alkyl halides is 3. The highest BCUT2D eigenvalue weighted by molar-refractivity contribution is 7.89. The Hall–Kier alpha value is -3.12. The molecule has 33 heavy (non-hydrogen) atoms. The molecule has 1 fully saturated rings. The van der Waals surface area contributed by atoms with Crippen LogP contribution >= 0.6 is 0 Å². The Morgan fingerprint density at radius 2 is 1.67 bits per heavy atom. The summed E-state index contributed by atoms with van der Waals surface area (Å²) in [5.41, 5.74) is -0.332. The van der Waals surface area contributed by atoms with E-state index in [4.69, 9.17) is 0 Å². The number of nitrogens with zero attached hydrogens (tertiary/aromatic N) is 1. The number of piperidine rings is 1. The van der Waals surface area contributed by atoms with Gasteiger partial charge in [-0.05, 0) is 62.4 Å². The number of halogens is 3. The first-order chi connectivity index (χ1) is 15.5. The van der Waals surface area contributed by atoms with E-state index in [1.54, 1.807) is 11.0 Å². The number of hydrogen-bond donors (Lipinski definition) is 3. The van der Waals surface area contributed by atoms with Gasteiger partial charge in [-0.1, -0.05) is 6.07 Å². The maximum Gasteiger partial charge on any atom is 0.416 e. The number of amides is 3. The summed E-state index contributed by atoms with van der Waals surface area (Å²) >= 11 is 0. The number of sulfonamides is 1. The molecule has 0 saturated carbocycles. The summed E-state index contributed by atoms with van der Waals surface area (Å²) in [6.07, 6.45) is -3.50. The van der Waals surface area contributed by atoms with Crippen LogP contribution in [0.15, 0.2) is 53.4 Å². The van der Waals surface area contributed by atoms with E-state index in [1.807, 2.05) is 0 Å². The first-order valence-electron chi connectivity index (χ1n) is 10.1. The van der Waals surface area contributed by atoms with Crippen LogP contribution in [-0.2, 0) is 16.2 Å². The monoisotopic (exact) mass is 484 g/mol. The second kappa shape index (κ2) is 9.79. The van der Waals surface area contributed by atoms with Crippen LogP contribution in [-0.4, -0.2) is 51.4 Å². The maximum absolute atomic E-state index is 12.8. The van der Waals surface area contributed by atoms with Crippen molar-refractivity contribution < 1.29 is 31.2 Å². The second-order valence-electron chi connectivity index (χ2n) is 7.48. The zero-order valence-electron chi connectivity index (χ0n) is 17.6. The summed E-state index contributed by atoms with van der Waals surface area (Å²) < 4.78 is 64.0. The normalized spacial score (nSPS) is 15.2. The van der Waals surface area contributed by atoms with Crippen LogP contribution in [0.5, 0.6) is 0 Å². The average molecular weight is 485 g/mol. The van der Waals surface area contributed by atoms with Crippen LogP contribution < -0.4 is 15.4 Å². The van der Waals surface area contributed by atoms with E-state index >= 15 is 0 Å². The van der Waals surface area contributed by atoms with E-state index in [2.05, 4.69) is 15.4 Å². The fraction of sp³-hybridized carbons (Fsp3) is 0.333. The van der Waals surface area contributed by atoms with E-state index in [9.17, 15) is 31.2 Å². The lowest BCUT2D eigenvalue weighted by molar-refractivity contribution is -0.137. The highest BCUT2D eigenvalue weighted by atomic mass is 32.2. The standard InChI is InChI=1S/C21H23F3N4O4S/c1-25-33(31,32)18-4-2-3-14(13-18)19(29)28-11-9-17(10-12-28)27-20(30)26-16-7-5-15(6-8-16)21(22,23)24/h2-8,13,17,25H,9-12H2,1H3,(H2,26,27,30). The van der Waals surface area contributed by atoms with Crippen molar-refractivity contribution in [3.8, 4) is 0 Å². The highest BCUT2D eigenvalue weighted by Crippen LogP contribution is 2.29. The van der Waals surface area contributed by atoms with Gasteiger partial charge in [0, 0.05) is 30.4 Å². The molecule has 1 aliphatic rings. The summed E-state index contributed by atoms with van der Waals surface area (Å²) in [7, 11) is -2.39. The Balaban J connectivity index is 1.52. The molecular formula is C21H23F3N4O4S. The van der Waals surface area contributed by atoms with Gasteiger partial charge in [-0.25, -0.2) is 17.9 Å². The Labute approximate surface area is 189 Å². The SMILES string of the molecule is CNS(=O)(=O)c1cccc(C(=O)N2CCC(NC(=O)Nc3ccc(C(F)(F)F)cc3)CC2)c1. The number of anilines is 1. The van der Waals surface area contributed by atoms with Crippen LogP contribution in [0.1, 0.15) is 28.8 Å². The molecule has 2 aromatic carbocycles. The zero-order valence-corrected chi connectivity index (χ0v) is 18.5. The number of hydrogen-bond acceptors (Lipinski definition) is 4. The number of nitrogens with one attached hydrogen (secondary N) is 3. The van der Waals surface area contributed by atoms with Crippen molar-refractivity contribution >= 4 is 27.6 Å². The minimum Gasteiger partial charge on any atom is -0.338 e. The number of urea groups is 1. The molecule has 0 bridgehead atoms. The minimum atomic E-state index is -4.45. The largest absolute Gasteiger partial charge is 0.416 e. The van der Waals surface area contributed by atoms with Gasteiger partial charge in [0.2, 0.25) is 10.0 Å². The van der Waals surface area contributed by atoms with E-state index in [0.717, 1.165) is 12.1 Å². The van der Waals surface area contributed by atoms with Crippen molar-refractivity contribution in [2.75, 3.05) is 25.5 Å². The molecule has 0 spiro atoms. The van der Waals surface area contributed by atoms with Gasteiger partial charge in [0.1, 0.15) is 0 Å². The molecule has 3 amide bonds. The molecule has 0 aromatic heterocycles. The third-order valence-electron chi connectivity index (χ3n) is 5.25. The first-order valence-corrected chi connectivity index (χ1v) is 11.6. The predicted molar refractivity (Wildman–Crippen MR) is 115 cm³/mol. The van der Waals surface area contributed by atoms with E-state index in [1.165, 1.54) is 37.4 Å². The Morgan fingerprint density at radius 1 is 1.03 bits per heavy atom. The number of carbonyl (C=O) groups is 2. The molecule has 0 aliphatic carbocycles. The van der Waals surface area contributed by atoms with Crippen molar-refractivity contribution in [1.82, 2.24) is 14.9 Å².